The molecule has 0 saturated carbocycles. The van der Waals surface area contributed by atoms with E-state index in [1.165, 1.54) is 16.3 Å². The van der Waals surface area contributed by atoms with Crippen molar-refractivity contribution in [2.24, 2.45) is 0 Å². The van der Waals surface area contributed by atoms with Crippen molar-refractivity contribution in [2.45, 2.75) is 19.9 Å². The number of benzene rings is 1. The van der Waals surface area contributed by atoms with E-state index in [4.69, 9.17) is 4.42 Å². The van der Waals surface area contributed by atoms with Gasteiger partial charge in [0.15, 0.2) is 0 Å². The lowest BCUT2D eigenvalue weighted by Crippen LogP contribution is -2.03. The van der Waals surface area contributed by atoms with Crippen molar-refractivity contribution in [3.63, 3.8) is 0 Å². The summed E-state index contributed by atoms with van der Waals surface area (Å²) < 4.78 is 7.13. The molecule has 0 amide bonds. The minimum atomic E-state index is -0.534. The third-order valence-corrected chi connectivity index (χ3v) is 3.90. The molecule has 0 radical (unpaired) electrons. The molecule has 9 nitrogen and oxygen atoms in total. The number of pyridine rings is 1. The Bertz CT molecular complexity index is 1100. The second kappa shape index (κ2) is 6.36. The molecule has 0 unspecified atom stereocenters. The van der Waals surface area contributed by atoms with E-state index in [0.717, 1.165) is 10.9 Å². The van der Waals surface area contributed by atoms with Gasteiger partial charge in [-0.25, -0.2) is 4.98 Å². The molecule has 0 N–H and O–H groups in total. The summed E-state index contributed by atoms with van der Waals surface area (Å²) in [6, 6.07) is 11.2. The molecule has 3 aromatic heterocycles. The lowest BCUT2D eigenvalue weighted by Gasteiger charge is -2.00. The molecule has 0 spiro atoms. The number of nitro groups is 1. The van der Waals surface area contributed by atoms with Gasteiger partial charge in [0.1, 0.15) is 5.69 Å². The van der Waals surface area contributed by atoms with E-state index in [1.54, 1.807) is 6.20 Å². The van der Waals surface area contributed by atoms with Crippen LogP contribution in [-0.4, -0.2) is 29.9 Å². The standard InChI is InChI=1S/C17H14N6O3/c1-11-2-4-13-12(10-11)3-5-14(18-13)17-20-19-16(26-17)7-9-22-8-6-15(21-22)23(24)25/h2-6,8,10H,7,9H2,1H3. The van der Waals surface area contributed by atoms with Crippen LogP contribution in [0.15, 0.2) is 47.0 Å². The van der Waals surface area contributed by atoms with Gasteiger partial charge in [-0.2, -0.15) is 4.68 Å². The van der Waals surface area contributed by atoms with Crippen LogP contribution in [0.1, 0.15) is 11.5 Å². The summed E-state index contributed by atoms with van der Waals surface area (Å²) in [5.41, 5.74) is 2.64. The van der Waals surface area contributed by atoms with E-state index in [0.29, 0.717) is 30.4 Å². The molecule has 130 valence electrons. The minimum Gasteiger partial charge on any atom is -0.419 e. The highest BCUT2D eigenvalue weighted by molar-refractivity contribution is 5.81. The van der Waals surface area contributed by atoms with Crippen molar-refractivity contribution < 1.29 is 9.34 Å². The van der Waals surface area contributed by atoms with Crippen molar-refractivity contribution in [2.75, 3.05) is 0 Å². The van der Waals surface area contributed by atoms with Gasteiger partial charge in [-0.1, -0.05) is 17.7 Å². The van der Waals surface area contributed by atoms with Gasteiger partial charge in [-0.05, 0) is 30.0 Å². The Morgan fingerprint density at radius 1 is 1.19 bits per heavy atom. The quantitative estimate of drug-likeness (QED) is 0.401. The summed E-state index contributed by atoms with van der Waals surface area (Å²) >= 11 is 0. The van der Waals surface area contributed by atoms with E-state index in [2.05, 4.69) is 26.3 Å². The Morgan fingerprint density at radius 2 is 2.08 bits per heavy atom. The second-order valence-corrected chi connectivity index (χ2v) is 5.84. The molecule has 0 fully saturated rings. The van der Waals surface area contributed by atoms with Crippen LogP contribution in [0.4, 0.5) is 5.82 Å². The molecule has 4 aromatic rings. The number of aryl methyl sites for hydroxylation is 3. The first-order chi connectivity index (χ1) is 12.6. The van der Waals surface area contributed by atoms with Gasteiger partial charge >= 0.3 is 5.82 Å². The fourth-order valence-electron chi connectivity index (χ4n) is 2.61. The smallest absolute Gasteiger partial charge is 0.389 e. The molecule has 9 heteroatoms. The van der Waals surface area contributed by atoms with Gasteiger partial charge in [-0.15, -0.1) is 10.2 Å². The highest BCUT2D eigenvalue weighted by Crippen LogP contribution is 2.21. The zero-order valence-electron chi connectivity index (χ0n) is 13.9. The summed E-state index contributed by atoms with van der Waals surface area (Å²) in [7, 11) is 0. The van der Waals surface area contributed by atoms with Crippen molar-refractivity contribution in [1.29, 1.82) is 0 Å². The fraction of sp³-hybridized carbons (Fsp3) is 0.176. The van der Waals surface area contributed by atoms with Gasteiger partial charge in [-0.3, -0.25) is 0 Å². The molecular weight excluding hydrogens is 336 g/mol. The zero-order chi connectivity index (χ0) is 18.1. The number of fused-ring (bicyclic) bond motifs is 1. The van der Waals surface area contributed by atoms with Crippen molar-refractivity contribution in [3.05, 3.63) is 64.2 Å². The van der Waals surface area contributed by atoms with Crippen LogP contribution in [0.5, 0.6) is 0 Å². The summed E-state index contributed by atoms with van der Waals surface area (Å²) in [4.78, 5) is 14.7. The van der Waals surface area contributed by atoms with E-state index in [-0.39, 0.29) is 5.82 Å². The first-order valence-corrected chi connectivity index (χ1v) is 7.96. The van der Waals surface area contributed by atoms with Gasteiger partial charge in [0.25, 0.3) is 5.89 Å². The van der Waals surface area contributed by atoms with Crippen LogP contribution in [-0.2, 0) is 13.0 Å². The van der Waals surface area contributed by atoms with Crippen molar-refractivity contribution in [3.8, 4) is 11.6 Å². The van der Waals surface area contributed by atoms with Gasteiger partial charge in [0, 0.05) is 11.8 Å². The lowest BCUT2D eigenvalue weighted by molar-refractivity contribution is -0.389. The molecule has 26 heavy (non-hydrogen) atoms. The SMILES string of the molecule is Cc1ccc2nc(-c3nnc(CCn4ccc([N+](=O)[O-])n4)o3)ccc2c1. The highest BCUT2D eigenvalue weighted by atomic mass is 16.6. The fourth-order valence-corrected chi connectivity index (χ4v) is 2.61. The van der Waals surface area contributed by atoms with Crippen molar-refractivity contribution in [1.82, 2.24) is 25.0 Å². The maximum atomic E-state index is 10.6. The predicted octanol–water partition coefficient (Wildman–Crippen LogP) is 2.94. The van der Waals surface area contributed by atoms with E-state index >= 15 is 0 Å². The van der Waals surface area contributed by atoms with Crippen LogP contribution in [0.3, 0.4) is 0 Å². The summed E-state index contributed by atoms with van der Waals surface area (Å²) in [6.45, 7) is 2.44. The molecule has 0 saturated heterocycles. The normalized spacial score (nSPS) is 11.1. The van der Waals surface area contributed by atoms with Crippen LogP contribution in [0, 0.1) is 17.0 Å². The monoisotopic (exact) mass is 350 g/mol. The number of hydrogen-bond donors (Lipinski definition) is 0. The molecule has 0 atom stereocenters. The summed E-state index contributed by atoms with van der Waals surface area (Å²) in [5.74, 6) is 0.574. The Kier molecular flexibility index (Phi) is 3.88. The molecular formula is C17H14N6O3. The molecule has 4 rings (SSSR count). The zero-order valence-corrected chi connectivity index (χ0v) is 13.9. The maximum Gasteiger partial charge on any atom is 0.389 e. The molecule has 1 aromatic carbocycles. The third kappa shape index (κ3) is 3.14. The summed E-state index contributed by atoms with van der Waals surface area (Å²) in [5, 5.41) is 23.6. The van der Waals surface area contributed by atoms with Crippen LogP contribution in [0.2, 0.25) is 0 Å². The number of nitrogens with zero attached hydrogens (tertiary/aromatic N) is 6. The first-order valence-electron chi connectivity index (χ1n) is 7.96. The Balaban J connectivity index is 1.50. The molecule has 0 aliphatic carbocycles. The topological polar surface area (TPSA) is 113 Å². The number of aromatic nitrogens is 5. The average molecular weight is 350 g/mol. The van der Waals surface area contributed by atoms with Crippen LogP contribution >= 0.6 is 0 Å². The third-order valence-electron chi connectivity index (χ3n) is 3.90. The van der Waals surface area contributed by atoms with Crippen LogP contribution < -0.4 is 0 Å². The lowest BCUT2D eigenvalue weighted by atomic mass is 10.1. The van der Waals surface area contributed by atoms with Crippen molar-refractivity contribution >= 4 is 16.7 Å². The van der Waals surface area contributed by atoms with Gasteiger partial charge in [0.2, 0.25) is 5.89 Å². The average Bonchev–Trinajstić information content (AvgIpc) is 3.29. The molecule has 3 heterocycles. The largest absolute Gasteiger partial charge is 0.419 e. The molecule has 0 aliphatic heterocycles. The Morgan fingerprint density at radius 3 is 2.88 bits per heavy atom. The highest BCUT2D eigenvalue weighted by Gasteiger charge is 2.14. The van der Waals surface area contributed by atoms with E-state index in [1.807, 2.05) is 31.2 Å². The van der Waals surface area contributed by atoms with Gasteiger partial charge in [0.05, 0.1) is 29.4 Å². The first kappa shape index (κ1) is 15.9. The van der Waals surface area contributed by atoms with Crippen LogP contribution in [0.25, 0.3) is 22.5 Å². The Labute approximate surface area is 147 Å². The second-order valence-electron chi connectivity index (χ2n) is 5.84. The van der Waals surface area contributed by atoms with E-state index in [9.17, 15) is 10.1 Å². The maximum absolute atomic E-state index is 10.6. The van der Waals surface area contributed by atoms with Gasteiger partial charge < -0.3 is 14.5 Å². The summed E-state index contributed by atoms with van der Waals surface area (Å²) in [6.07, 6.45) is 1.96. The van der Waals surface area contributed by atoms with E-state index < -0.39 is 4.92 Å². The minimum absolute atomic E-state index is 0.188. The molecule has 0 aliphatic rings. The Hall–Kier alpha value is -3.62. The predicted molar refractivity (Wildman–Crippen MR) is 92.4 cm³/mol. The number of rotatable bonds is 5. The number of hydrogen-bond acceptors (Lipinski definition) is 7. The molecule has 0 bridgehead atoms.